The van der Waals surface area contributed by atoms with Gasteiger partial charge in [-0.2, -0.15) is 0 Å². The van der Waals surface area contributed by atoms with Crippen molar-refractivity contribution in [1.29, 1.82) is 0 Å². The molecule has 5 nitrogen and oxygen atoms in total. The minimum absolute atomic E-state index is 0.147. The van der Waals surface area contributed by atoms with Crippen LogP contribution in [0.5, 0.6) is 5.75 Å². The van der Waals surface area contributed by atoms with Crippen LogP contribution in [-0.4, -0.2) is 42.3 Å². The Morgan fingerprint density at radius 2 is 2.20 bits per heavy atom. The van der Waals surface area contributed by atoms with Gasteiger partial charge in [0.2, 0.25) is 0 Å². The average molecular weight is 278 g/mol. The molecule has 0 aromatic heterocycles. The zero-order chi connectivity index (χ0) is 14.5. The fourth-order valence-corrected chi connectivity index (χ4v) is 2.81. The summed E-state index contributed by atoms with van der Waals surface area (Å²) in [7, 11) is 1.38. The molecular formula is C15H22N2O3. The maximum atomic E-state index is 11.2. The number of rotatable bonds is 4. The van der Waals surface area contributed by atoms with E-state index in [1.54, 1.807) is 12.1 Å². The molecule has 1 aliphatic heterocycles. The van der Waals surface area contributed by atoms with E-state index in [1.165, 1.54) is 12.7 Å². The van der Waals surface area contributed by atoms with Crippen LogP contribution in [0.15, 0.2) is 24.3 Å². The standard InChI is InChI=1S/C15H22N2O3/c1-3-14(11-4-6-13(18)7-5-11)17-9-8-12(10-17)16-15(19)20-2/h4-7,12,14,18H,3,8-10H2,1-2H3,(H,16,19). The summed E-state index contributed by atoms with van der Waals surface area (Å²) in [5.74, 6) is 0.287. The van der Waals surface area contributed by atoms with Gasteiger partial charge in [0, 0.05) is 25.2 Å². The number of nitrogens with one attached hydrogen (secondary N) is 1. The number of methoxy groups -OCH3 is 1. The van der Waals surface area contributed by atoms with Crippen molar-refractivity contribution in [3.05, 3.63) is 29.8 Å². The van der Waals surface area contributed by atoms with Crippen molar-refractivity contribution < 1.29 is 14.6 Å². The van der Waals surface area contributed by atoms with Crippen molar-refractivity contribution in [3.8, 4) is 5.75 Å². The molecule has 0 spiro atoms. The summed E-state index contributed by atoms with van der Waals surface area (Å²) in [5, 5.41) is 12.2. The SMILES string of the molecule is CCC(c1ccc(O)cc1)N1CCC(NC(=O)OC)C1. The molecule has 1 amide bonds. The Labute approximate surface area is 119 Å². The zero-order valence-electron chi connectivity index (χ0n) is 12.0. The Morgan fingerprint density at radius 3 is 2.80 bits per heavy atom. The quantitative estimate of drug-likeness (QED) is 0.887. The van der Waals surface area contributed by atoms with E-state index in [2.05, 4.69) is 21.9 Å². The number of alkyl carbamates (subject to hydrolysis) is 1. The molecule has 0 bridgehead atoms. The molecule has 0 aliphatic carbocycles. The summed E-state index contributed by atoms with van der Waals surface area (Å²) in [5.41, 5.74) is 1.20. The van der Waals surface area contributed by atoms with E-state index in [9.17, 15) is 9.90 Å². The highest BCUT2D eigenvalue weighted by molar-refractivity contribution is 5.67. The van der Waals surface area contributed by atoms with Crippen molar-refractivity contribution in [1.82, 2.24) is 10.2 Å². The number of aromatic hydroxyl groups is 1. The first-order valence-electron chi connectivity index (χ1n) is 7.01. The van der Waals surface area contributed by atoms with Gasteiger partial charge in [-0.3, -0.25) is 4.90 Å². The summed E-state index contributed by atoms with van der Waals surface area (Å²) in [6.07, 6.45) is 1.56. The molecule has 2 rings (SSSR count). The van der Waals surface area contributed by atoms with E-state index in [4.69, 9.17) is 0 Å². The predicted octanol–water partition coefficient (Wildman–Crippen LogP) is 2.27. The third-order valence-corrected chi connectivity index (χ3v) is 3.83. The minimum atomic E-state index is -0.366. The van der Waals surface area contributed by atoms with Crippen LogP contribution in [0.1, 0.15) is 31.4 Å². The van der Waals surface area contributed by atoms with Gasteiger partial charge in [-0.15, -0.1) is 0 Å². The Bertz CT molecular complexity index is 447. The molecule has 0 saturated carbocycles. The van der Waals surface area contributed by atoms with Gasteiger partial charge >= 0.3 is 6.09 Å². The summed E-state index contributed by atoms with van der Waals surface area (Å²) >= 11 is 0. The van der Waals surface area contributed by atoms with Crippen molar-refractivity contribution in [2.24, 2.45) is 0 Å². The first-order valence-corrected chi connectivity index (χ1v) is 7.01. The number of amides is 1. The van der Waals surface area contributed by atoms with Gasteiger partial charge in [-0.1, -0.05) is 19.1 Å². The largest absolute Gasteiger partial charge is 0.508 e. The third kappa shape index (κ3) is 3.42. The summed E-state index contributed by atoms with van der Waals surface area (Å²) in [6, 6.07) is 7.83. The Balaban J connectivity index is 1.99. The third-order valence-electron chi connectivity index (χ3n) is 3.83. The van der Waals surface area contributed by atoms with Crippen LogP contribution in [0.25, 0.3) is 0 Å². The van der Waals surface area contributed by atoms with Gasteiger partial charge in [0.1, 0.15) is 5.75 Å². The fraction of sp³-hybridized carbons (Fsp3) is 0.533. The van der Waals surface area contributed by atoms with E-state index < -0.39 is 0 Å². The zero-order valence-corrected chi connectivity index (χ0v) is 12.0. The molecule has 2 N–H and O–H groups in total. The number of hydrogen-bond donors (Lipinski definition) is 2. The second kappa shape index (κ2) is 6.61. The van der Waals surface area contributed by atoms with Crippen LogP contribution in [0, 0.1) is 0 Å². The molecule has 20 heavy (non-hydrogen) atoms. The highest BCUT2D eigenvalue weighted by Crippen LogP contribution is 2.28. The molecule has 2 atom stereocenters. The smallest absolute Gasteiger partial charge is 0.407 e. The predicted molar refractivity (Wildman–Crippen MR) is 76.7 cm³/mol. The lowest BCUT2D eigenvalue weighted by atomic mass is 10.0. The van der Waals surface area contributed by atoms with Crippen molar-refractivity contribution in [3.63, 3.8) is 0 Å². The normalized spacial score (nSPS) is 20.6. The Kier molecular flexibility index (Phi) is 4.84. The molecule has 1 aromatic carbocycles. The monoisotopic (exact) mass is 278 g/mol. The van der Waals surface area contributed by atoms with E-state index in [1.807, 2.05) is 12.1 Å². The number of carbonyl (C=O) groups excluding carboxylic acids is 1. The van der Waals surface area contributed by atoms with Crippen molar-refractivity contribution in [2.75, 3.05) is 20.2 Å². The fourth-order valence-electron chi connectivity index (χ4n) is 2.81. The number of benzene rings is 1. The molecule has 2 unspecified atom stereocenters. The average Bonchev–Trinajstić information content (AvgIpc) is 2.90. The van der Waals surface area contributed by atoms with Crippen LogP contribution < -0.4 is 5.32 Å². The van der Waals surface area contributed by atoms with Crippen LogP contribution in [0.3, 0.4) is 0 Å². The summed E-state index contributed by atoms with van der Waals surface area (Å²) in [4.78, 5) is 13.6. The molecule has 110 valence electrons. The van der Waals surface area contributed by atoms with Crippen molar-refractivity contribution in [2.45, 2.75) is 31.8 Å². The number of nitrogens with zero attached hydrogens (tertiary/aromatic N) is 1. The first-order chi connectivity index (χ1) is 9.63. The first kappa shape index (κ1) is 14.7. The number of likely N-dealkylation sites (tertiary alicyclic amines) is 1. The van der Waals surface area contributed by atoms with E-state index in [0.717, 1.165) is 25.9 Å². The van der Waals surface area contributed by atoms with Crippen LogP contribution in [-0.2, 0) is 4.74 Å². The van der Waals surface area contributed by atoms with Crippen molar-refractivity contribution >= 4 is 6.09 Å². The highest BCUT2D eigenvalue weighted by Gasteiger charge is 2.29. The van der Waals surface area contributed by atoms with Crippen LogP contribution in [0.4, 0.5) is 4.79 Å². The number of ether oxygens (including phenoxy) is 1. The number of carbonyl (C=O) groups is 1. The molecule has 1 aromatic rings. The molecule has 1 saturated heterocycles. The molecule has 1 heterocycles. The minimum Gasteiger partial charge on any atom is -0.508 e. The maximum absolute atomic E-state index is 11.2. The summed E-state index contributed by atoms with van der Waals surface area (Å²) < 4.78 is 4.64. The van der Waals surface area contributed by atoms with E-state index >= 15 is 0 Å². The molecule has 5 heteroatoms. The van der Waals surface area contributed by atoms with Crippen LogP contribution in [0.2, 0.25) is 0 Å². The van der Waals surface area contributed by atoms with Gasteiger partial charge in [0.05, 0.1) is 7.11 Å². The van der Waals surface area contributed by atoms with Gasteiger partial charge in [0.15, 0.2) is 0 Å². The highest BCUT2D eigenvalue weighted by atomic mass is 16.5. The molecule has 1 fully saturated rings. The molecular weight excluding hydrogens is 256 g/mol. The Morgan fingerprint density at radius 1 is 1.50 bits per heavy atom. The Hall–Kier alpha value is -1.75. The van der Waals surface area contributed by atoms with E-state index in [0.29, 0.717) is 6.04 Å². The number of phenolic OH excluding ortho intramolecular Hbond substituents is 1. The van der Waals surface area contributed by atoms with Gasteiger partial charge < -0.3 is 15.2 Å². The number of phenols is 1. The molecule has 0 radical (unpaired) electrons. The lowest BCUT2D eigenvalue weighted by Crippen LogP contribution is -2.37. The number of hydrogen-bond acceptors (Lipinski definition) is 4. The van der Waals surface area contributed by atoms with Gasteiger partial charge in [-0.25, -0.2) is 4.79 Å². The van der Waals surface area contributed by atoms with Gasteiger partial charge in [-0.05, 0) is 30.5 Å². The van der Waals surface area contributed by atoms with Crippen LogP contribution >= 0.6 is 0 Å². The second-order valence-corrected chi connectivity index (χ2v) is 5.13. The lowest BCUT2D eigenvalue weighted by Gasteiger charge is -2.27. The topological polar surface area (TPSA) is 61.8 Å². The van der Waals surface area contributed by atoms with Gasteiger partial charge in [0.25, 0.3) is 0 Å². The summed E-state index contributed by atoms with van der Waals surface area (Å²) in [6.45, 7) is 3.93. The molecule has 1 aliphatic rings. The van der Waals surface area contributed by atoms with E-state index in [-0.39, 0.29) is 17.9 Å². The second-order valence-electron chi connectivity index (χ2n) is 5.13. The lowest BCUT2D eigenvalue weighted by molar-refractivity contribution is 0.165. The maximum Gasteiger partial charge on any atom is 0.407 e.